The second kappa shape index (κ2) is 6.28. The maximum absolute atomic E-state index is 13.4. The predicted molar refractivity (Wildman–Crippen MR) is 99.8 cm³/mol. The number of ketones is 2. The molecule has 0 radical (unpaired) electrons. The molecule has 5 aliphatic carbocycles. The summed E-state index contributed by atoms with van der Waals surface area (Å²) in [5, 5.41) is 10.1. The Balaban J connectivity index is 1.47. The van der Waals surface area contributed by atoms with E-state index in [2.05, 4.69) is 6.08 Å². The number of aliphatic carboxylic acids is 1. The Labute approximate surface area is 160 Å². The molecule has 5 aliphatic rings. The smallest absolute Gasteiger partial charge is 0.309 e. The van der Waals surface area contributed by atoms with Crippen LogP contribution in [0.2, 0.25) is 0 Å². The first-order valence-electron chi connectivity index (χ1n) is 11.0. The van der Waals surface area contributed by atoms with Crippen molar-refractivity contribution < 1.29 is 19.5 Å². The number of Topliss-reactive ketones (excluding diaryl/α,β-unsaturated/α-hetero) is 1. The molecule has 0 spiro atoms. The first-order valence-corrected chi connectivity index (χ1v) is 11.0. The van der Waals surface area contributed by atoms with Gasteiger partial charge in [-0.15, -0.1) is 0 Å². The molecule has 0 amide bonds. The highest BCUT2D eigenvalue weighted by Gasteiger charge is 2.61. The summed E-state index contributed by atoms with van der Waals surface area (Å²) in [6.45, 7) is 0. The van der Waals surface area contributed by atoms with E-state index in [0.29, 0.717) is 48.2 Å². The van der Waals surface area contributed by atoms with Gasteiger partial charge in [0, 0.05) is 18.8 Å². The highest BCUT2D eigenvalue weighted by atomic mass is 16.4. The van der Waals surface area contributed by atoms with Crippen LogP contribution >= 0.6 is 0 Å². The van der Waals surface area contributed by atoms with Crippen molar-refractivity contribution in [2.45, 2.75) is 64.2 Å². The molecule has 4 saturated carbocycles. The minimum Gasteiger partial charge on any atom is -0.481 e. The number of rotatable bonds is 1. The first-order chi connectivity index (χ1) is 13.0. The topological polar surface area (TPSA) is 71.4 Å². The van der Waals surface area contributed by atoms with Gasteiger partial charge in [0.15, 0.2) is 5.78 Å². The summed E-state index contributed by atoms with van der Waals surface area (Å²) in [6, 6.07) is 0. The SMILES string of the molecule is O=C1C=CC2C(CCC3C2CC(=O)C2C3CCC3(C(=O)O)CCCCC23)C1. The van der Waals surface area contributed by atoms with Crippen molar-refractivity contribution in [3.63, 3.8) is 0 Å². The van der Waals surface area contributed by atoms with E-state index in [1.54, 1.807) is 6.08 Å². The fourth-order valence-corrected chi connectivity index (χ4v) is 8.04. The summed E-state index contributed by atoms with van der Waals surface area (Å²) in [5.74, 6) is 2.04. The lowest BCUT2D eigenvalue weighted by molar-refractivity contribution is -0.173. The quantitative estimate of drug-likeness (QED) is 0.756. The van der Waals surface area contributed by atoms with Crippen molar-refractivity contribution in [1.82, 2.24) is 0 Å². The average Bonchev–Trinajstić information content (AvgIpc) is 2.66. The molecular formula is C23H30O4. The standard InChI is InChI=1S/C23H30O4/c24-14-5-7-15-13(11-14)4-6-16-17-8-10-23(22(26)27)9-2-1-3-19(23)21(17)20(25)12-18(15)16/h5,7,13,15-19,21H,1-4,6,8-12H2,(H,26,27). The normalized spacial score (nSPS) is 48.8. The van der Waals surface area contributed by atoms with E-state index >= 15 is 0 Å². The van der Waals surface area contributed by atoms with Crippen molar-refractivity contribution in [3.05, 3.63) is 12.2 Å². The molecule has 8 atom stereocenters. The minimum atomic E-state index is -0.655. The van der Waals surface area contributed by atoms with Crippen LogP contribution in [0.15, 0.2) is 12.2 Å². The van der Waals surface area contributed by atoms with E-state index in [1.165, 1.54) is 0 Å². The molecule has 0 bridgehead atoms. The summed E-state index contributed by atoms with van der Waals surface area (Å²) in [6.07, 6.45) is 12.7. The van der Waals surface area contributed by atoms with E-state index < -0.39 is 11.4 Å². The second-order valence-corrected chi connectivity index (χ2v) is 9.98. The summed E-state index contributed by atoms with van der Waals surface area (Å²) in [4.78, 5) is 37.4. The number of carboxylic acid groups (broad SMARTS) is 1. The van der Waals surface area contributed by atoms with E-state index in [0.717, 1.165) is 51.4 Å². The Kier molecular flexibility index (Phi) is 4.10. The maximum atomic E-state index is 13.4. The van der Waals surface area contributed by atoms with Crippen LogP contribution in [0, 0.1) is 46.8 Å². The minimum absolute atomic E-state index is 0.0258. The fourth-order valence-electron chi connectivity index (χ4n) is 8.04. The number of allylic oxidation sites excluding steroid dienone is 2. The van der Waals surface area contributed by atoms with Crippen LogP contribution in [0.3, 0.4) is 0 Å². The van der Waals surface area contributed by atoms with Gasteiger partial charge in [-0.1, -0.05) is 18.9 Å². The van der Waals surface area contributed by atoms with Gasteiger partial charge < -0.3 is 5.11 Å². The highest BCUT2D eigenvalue weighted by Crippen LogP contribution is 2.62. The molecule has 146 valence electrons. The lowest BCUT2D eigenvalue weighted by Crippen LogP contribution is -2.57. The number of fused-ring (bicyclic) bond motifs is 7. The Morgan fingerprint density at radius 2 is 1.81 bits per heavy atom. The van der Waals surface area contributed by atoms with Gasteiger partial charge in [0.2, 0.25) is 0 Å². The van der Waals surface area contributed by atoms with Crippen molar-refractivity contribution in [2.75, 3.05) is 0 Å². The summed E-state index contributed by atoms with van der Waals surface area (Å²) < 4.78 is 0. The van der Waals surface area contributed by atoms with Gasteiger partial charge in [0.05, 0.1) is 5.41 Å². The summed E-state index contributed by atoms with van der Waals surface area (Å²) in [7, 11) is 0. The van der Waals surface area contributed by atoms with Gasteiger partial charge in [-0.2, -0.15) is 0 Å². The zero-order valence-electron chi connectivity index (χ0n) is 15.9. The fraction of sp³-hybridized carbons (Fsp3) is 0.783. The number of hydrogen-bond acceptors (Lipinski definition) is 3. The zero-order chi connectivity index (χ0) is 18.8. The Bertz CT molecular complexity index is 709. The average molecular weight is 370 g/mol. The van der Waals surface area contributed by atoms with Crippen molar-refractivity contribution in [2.24, 2.45) is 46.8 Å². The second-order valence-electron chi connectivity index (χ2n) is 9.98. The molecule has 0 heterocycles. The molecule has 4 nitrogen and oxygen atoms in total. The van der Waals surface area contributed by atoms with Crippen molar-refractivity contribution in [3.8, 4) is 0 Å². The molecule has 4 fully saturated rings. The highest BCUT2D eigenvalue weighted by molar-refractivity contribution is 5.91. The lowest BCUT2D eigenvalue weighted by Gasteiger charge is -2.58. The first kappa shape index (κ1) is 17.6. The molecule has 0 aliphatic heterocycles. The molecule has 0 aromatic rings. The molecule has 27 heavy (non-hydrogen) atoms. The van der Waals surface area contributed by atoms with Crippen LogP contribution < -0.4 is 0 Å². The number of carboxylic acids is 1. The zero-order valence-corrected chi connectivity index (χ0v) is 15.9. The Morgan fingerprint density at radius 1 is 0.963 bits per heavy atom. The van der Waals surface area contributed by atoms with Crippen molar-refractivity contribution >= 4 is 17.5 Å². The number of hydrogen-bond donors (Lipinski definition) is 1. The maximum Gasteiger partial charge on any atom is 0.309 e. The number of carbonyl (C=O) groups excluding carboxylic acids is 2. The van der Waals surface area contributed by atoms with E-state index in [1.807, 2.05) is 0 Å². The molecule has 4 heteroatoms. The van der Waals surface area contributed by atoms with E-state index in [9.17, 15) is 19.5 Å². The van der Waals surface area contributed by atoms with Crippen LogP contribution in [0.25, 0.3) is 0 Å². The molecule has 5 rings (SSSR count). The predicted octanol–water partition coefficient (Wildman–Crippen LogP) is 4.03. The molecule has 1 N–H and O–H groups in total. The Hall–Kier alpha value is -1.45. The van der Waals surface area contributed by atoms with Crippen LogP contribution in [0.5, 0.6) is 0 Å². The molecule has 8 unspecified atom stereocenters. The van der Waals surface area contributed by atoms with Gasteiger partial charge in [0.1, 0.15) is 5.78 Å². The molecule has 0 aromatic carbocycles. The van der Waals surface area contributed by atoms with Crippen molar-refractivity contribution in [1.29, 1.82) is 0 Å². The summed E-state index contributed by atoms with van der Waals surface area (Å²) >= 11 is 0. The Morgan fingerprint density at radius 3 is 2.63 bits per heavy atom. The molecular weight excluding hydrogens is 340 g/mol. The monoisotopic (exact) mass is 370 g/mol. The van der Waals surface area contributed by atoms with Gasteiger partial charge in [-0.3, -0.25) is 14.4 Å². The largest absolute Gasteiger partial charge is 0.481 e. The third kappa shape index (κ3) is 2.51. The van der Waals surface area contributed by atoms with Gasteiger partial charge >= 0.3 is 5.97 Å². The van der Waals surface area contributed by atoms with Crippen LogP contribution in [0.1, 0.15) is 64.2 Å². The van der Waals surface area contributed by atoms with E-state index in [-0.39, 0.29) is 17.6 Å². The number of carbonyl (C=O) groups is 3. The van der Waals surface area contributed by atoms with Crippen LogP contribution in [0.4, 0.5) is 0 Å². The third-order valence-electron chi connectivity index (χ3n) is 9.13. The summed E-state index contributed by atoms with van der Waals surface area (Å²) in [5.41, 5.74) is -0.643. The third-order valence-corrected chi connectivity index (χ3v) is 9.13. The van der Waals surface area contributed by atoms with Gasteiger partial charge in [0.25, 0.3) is 0 Å². The van der Waals surface area contributed by atoms with Crippen LogP contribution in [-0.2, 0) is 14.4 Å². The van der Waals surface area contributed by atoms with E-state index in [4.69, 9.17) is 0 Å². The van der Waals surface area contributed by atoms with Gasteiger partial charge in [-0.25, -0.2) is 0 Å². The molecule has 0 aromatic heterocycles. The lowest BCUT2D eigenvalue weighted by atomic mass is 9.45. The van der Waals surface area contributed by atoms with Crippen LogP contribution in [-0.4, -0.2) is 22.6 Å². The molecule has 0 saturated heterocycles. The van der Waals surface area contributed by atoms with Gasteiger partial charge in [-0.05, 0) is 80.1 Å².